The molecule has 0 bridgehead atoms. The van der Waals surface area contributed by atoms with Gasteiger partial charge < -0.3 is 14.8 Å². The normalized spacial score (nSPS) is 10.2. The van der Waals surface area contributed by atoms with Gasteiger partial charge >= 0.3 is 0 Å². The first-order valence-corrected chi connectivity index (χ1v) is 6.83. The van der Waals surface area contributed by atoms with Crippen molar-refractivity contribution >= 4 is 21.6 Å². The molecule has 0 amide bonds. The first kappa shape index (κ1) is 14.7. The maximum Gasteiger partial charge on any atom is 0.147 e. The summed E-state index contributed by atoms with van der Waals surface area (Å²) in [6, 6.07) is 10.4. The van der Waals surface area contributed by atoms with E-state index in [0.717, 1.165) is 11.3 Å². The Hall–Kier alpha value is -1.75. The Morgan fingerprint density at radius 1 is 1.15 bits per heavy atom. The summed E-state index contributed by atoms with van der Waals surface area (Å²) in [4.78, 5) is 0. The third kappa shape index (κ3) is 3.22. The quantitative estimate of drug-likeness (QED) is 0.884. The van der Waals surface area contributed by atoms with Crippen LogP contribution in [-0.2, 0) is 6.54 Å². The fourth-order valence-electron chi connectivity index (χ4n) is 1.85. The van der Waals surface area contributed by atoms with Gasteiger partial charge in [-0.05, 0) is 40.2 Å². The molecule has 0 fully saturated rings. The van der Waals surface area contributed by atoms with Crippen LogP contribution in [0.3, 0.4) is 0 Å². The third-order valence-corrected chi connectivity index (χ3v) is 3.57. The second kappa shape index (κ2) is 6.61. The fraction of sp³-hybridized carbons (Fsp3) is 0.200. The molecule has 5 heteroatoms. The summed E-state index contributed by atoms with van der Waals surface area (Å²) < 4.78 is 24.9. The average Bonchev–Trinajstić information content (AvgIpc) is 2.46. The minimum absolute atomic E-state index is 0.299. The summed E-state index contributed by atoms with van der Waals surface area (Å²) in [5.41, 5.74) is 1.36. The zero-order valence-electron chi connectivity index (χ0n) is 11.2. The van der Waals surface area contributed by atoms with Crippen molar-refractivity contribution in [1.29, 1.82) is 0 Å². The highest BCUT2D eigenvalue weighted by Crippen LogP contribution is 2.28. The van der Waals surface area contributed by atoms with Crippen molar-refractivity contribution in [3.63, 3.8) is 0 Å². The first-order valence-electron chi connectivity index (χ1n) is 6.04. The van der Waals surface area contributed by atoms with Gasteiger partial charge in [-0.3, -0.25) is 0 Å². The second-order valence-corrected chi connectivity index (χ2v) is 4.98. The minimum atomic E-state index is -0.299. The predicted octanol–water partition coefficient (Wildman–Crippen LogP) is 4.22. The number of nitrogens with one attached hydrogen (secondary N) is 1. The fourth-order valence-corrected chi connectivity index (χ4v) is 2.33. The number of ether oxygens (including phenoxy) is 2. The largest absolute Gasteiger partial charge is 0.497 e. The van der Waals surface area contributed by atoms with Crippen LogP contribution in [-0.4, -0.2) is 14.2 Å². The predicted molar refractivity (Wildman–Crippen MR) is 81.0 cm³/mol. The van der Waals surface area contributed by atoms with E-state index in [4.69, 9.17) is 9.47 Å². The third-order valence-electron chi connectivity index (χ3n) is 2.91. The maximum atomic E-state index is 13.7. The van der Waals surface area contributed by atoms with E-state index in [9.17, 15) is 4.39 Å². The molecule has 20 heavy (non-hydrogen) atoms. The average molecular weight is 340 g/mol. The molecule has 2 aromatic rings. The Morgan fingerprint density at radius 2 is 1.95 bits per heavy atom. The smallest absolute Gasteiger partial charge is 0.147 e. The van der Waals surface area contributed by atoms with Crippen molar-refractivity contribution in [3.05, 3.63) is 52.3 Å². The number of rotatable bonds is 5. The molecule has 2 aromatic carbocycles. The van der Waals surface area contributed by atoms with Crippen LogP contribution >= 0.6 is 15.9 Å². The Labute approximate surface area is 125 Å². The van der Waals surface area contributed by atoms with Gasteiger partial charge in [-0.1, -0.05) is 6.07 Å². The monoisotopic (exact) mass is 339 g/mol. The highest BCUT2D eigenvalue weighted by molar-refractivity contribution is 9.10. The minimum Gasteiger partial charge on any atom is -0.497 e. The zero-order chi connectivity index (χ0) is 14.5. The van der Waals surface area contributed by atoms with E-state index in [1.54, 1.807) is 32.4 Å². The lowest BCUT2D eigenvalue weighted by Crippen LogP contribution is -2.04. The molecule has 3 nitrogen and oxygen atoms in total. The van der Waals surface area contributed by atoms with Gasteiger partial charge in [-0.2, -0.15) is 0 Å². The molecular weight excluding hydrogens is 325 g/mol. The van der Waals surface area contributed by atoms with Gasteiger partial charge in [0.25, 0.3) is 0 Å². The first-order chi connectivity index (χ1) is 9.65. The molecule has 0 aliphatic carbocycles. The molecule has 0 saturated carbocycles. The van der Waals surface area contributed by atoms with Crippen molar-refractivity contribution in [1.82, 2.24) is 0 Å². The Balaban J connectivity index is 2.19. The Kier molecular flexibility index (Phi) is 4.84. The zero-order valence-corrected chi connectivity index (χ0v) is 12.8. The van der Waals surface area contributed by atoms with Crippen LogP contribution in [0.15, 0.2) is 40.9 Å². The molecule has 0 aromatic heterocycles. The van der Waals surface area contributed by atoms with E-state index >= 15 is 0 Å². The SMILES string of the molecule is COc1ccc(CNc2c(F)cccc2Br)c(OC)c1. The summed E-state index contributed by atoms with van der Waals surface area (Å²) in [6.07, 6.45) is 0. The van der Waals surface area contributed by atoms with Crippen LogP contribution in [0.5, 0.6) is 11.5 Å². The van der Waals surface area contributed by atoms with Gasteiger partial charge in [0.2, 0.25) is 0 Å². The van der Waals surface area contributed by atoms with Crippen molar-refractivity contribution < 1.29 is 13.9 Å². The summed E-state index contributed by atoms with van der Waals surface area (Å²) in [5, 5.41) is 3.07. The maximum absolute atomic E-state index is 13.7. The van der Waals surface area contributed by atoms with E-state index in [1.807, 2.05) is 12.1 Å². The van der Waals surface area contributed by atoms with Gasteiger partial charge in [-0.25, -0.2) is 4.39 Å². The molecule has 0 heterocycles. The van der Waals surface area contributed by atoms with E-state index in [-0.39, 0.29) is 5.82 Å². The highest BCUT2D eigenvalue weighted by Gasteiger charge is 2.09. The van der Waals surface area contributed by atoms with Crippen LogP contribution in [0.2, 0.25) is 0 Å². The van der Waals surface area contributed by atoms with Crippen molar-refractivity contribution in [2.45, 2.75) is 6.54 Å². The Morgan fingerprint density at radius 3 is 2.60 bits per heavy atom. The van der Waals surface area contributed by atoms with Gasteiger partial charge in [0.05, 0.1) is 19.9 Å². The Bertz CT molecular complexity index is 584. The summed E-state index contributed by atoms with van der Waals surface area (Å²) >= 11 is 3.33. The number of hydrogen-bond acceptors (Lipinski definition) is 3. The molecule has 0 unspecified atom stereocenters. The van der Waals surface area contributed by atoms with Crippen LogP contribution in [0.25, 0.3) is 0 Å². The van der Waals surface area contributed by atoms with Crippen molar-refractivity contribution in [2.24, 2.45) is 0 Å². The van der Waals surface area contributed by atoms with E-state index in [0.29, 0.717) is 22.5 Å². The van der Waals surface area contributed by atoms with Crippen molar-refractivity contribution in [2.75, 3.05) is 19.5 Å². The molecule has 0 spiro atoms. The molecule has 1 N–H and O–H groups in total. The summed E-state index contributed by atoms with van der Waals surface area (Å²) in [6.45, 7) is 0.451. The van der Waals surface area contributed by atoms with Gasteiger partial charge in [0.15, 0.2) is 0 Å². The van der Waals surface area contributed by atoms with Gasteiger partial charge in [0.1, 0.15) is 17.3 Å². The lowest BCUT2D eigenvalue weighted by Gasteiger charge is -2.13. The van der Waals surface area contributed by atoms with Gasteiger partial charge in [-0.15, -0.1) is 0 Å². The molecule has 0 radical (unpaired) electrons. The number of para-hydroxylation sites is 1. The molecule has 0 aliphatic rings. The highest BCUT2D eigenvalue weighted by atomic mass is 79.9. The summed E-state index contributed by atoms with van der Waals surface area (Å²) in [5.74, 6) is 1.12. The lowest BCUT2D eigenvalue weighted by atomic mass is 10.2. The second-order valence-electron chi connectivity index (χ2n) is 4.13. The van der Waals surface area contributed by atoms with E-state index in [1.165, 1.54) is 6.07 Å². The van der Waals surface area contributed by atoms with Crippen LogP contribution in [0.1, 0.15) is 5.56 Å². The van der Waals surface area contributed by atoms with Crippen LogP contribution < -0.4 is 14.8 Å². The van der Waals surface area contributed by atoms with Crippen molar-refractivity contribution in [3.8, 4) is 11.5 Å². The molecule has 2 rings (SSSR count). The molecule has 0 aliphatic heterocycles. The number of hydrogen-bond donors (Lipinski definition) is 1. The number of halogens is 2. The molecule has 0 atom stereocenters. The van der Waals surface area contributed by atoms with Crippen LogP contribution in [0.4, 0.5) is 10.1 Å². The summed E-state index contributed by atoms with van der Waals surface area (Å²) in [7, 11) is 3.19. The number of anilines is 1. The number of benzene rings is 2. The lowest BCUT2D eigenvalue weighted by molar-refractivity contribution is 0.391. The van der Waals surface area contributed by atoms with Gasteiger partial charge in [0, 0.05) is 22.6 Å². The van der Waals surface area contributed by atoms with E-state index in [2.05, 4.69) is 21.2 Å². The molecule has 106 valence electrons. The number of methoxy groups -OCH3 is 2. The standard InChI is InChI=1S/C15H15BrFNO2/c1-19-11-7-6-10(14(8-11)20-2)9-18-15-12(16)4-3-5-13(15)17/h3-8,18H,9H2,1-2H3. The van der Waals surface area contributed by atoms with Crippen LogP contribution in [0, 0.1) is 5.82 Å². The molecule has 0 saturated heterocycles. The van der Waals surface area contributed by atoms with E-state index < -0.39 is 0 Å². The molecular formula is C15H15BrFNO2. The topological polar surface area (TPSA) is 30.5 Å².